The molecule has 3 aliphatic heterocycles. The van der Waals surface area contributed by atoms with Crippen molar-refractivity contribution in [1.82, 2.24) is 20.1 Å². The van der Waals surface area contributed by atoms with Crippen LogP contribution in [0.3, 0.4) is 0 Å². The lowest BCUT2D eigenvalue weighted by molar-refractivity contribution is -0.119. The maximum Gasteiger partial charge on any atom is 0.220 e. The molecule has 0 spiro atoms. The van der Waals surface area contributed by atoms with Crippen molar-refractivity contribution in [3.05, 3.63) is 23.9 Å². The zero-order valence-corrected chi connectivity index (χ0v) is 18.5. The number of rotatable bonds is 5. The Morgan fingerprint density at radius 2 is 2.13 bits per heavy atom. The molecular weight excluding hydrogens is 394 g/mol. The summed E-state index contributed by atoms with van der Waals surface area (Å²) in [5.41, 5.74) is 1.86. The first kappa shape index (κ1) is 20.3. The van der Waals surface area contributed by atoms with Gasteiger partial charge in [-0.2, -0.15) is 10.2 Å². The van der Waals surface area contributed by atoms with Crippen LogP contribution in [0, 0.1) is 5.92 Å². The van der Waals surface area contributed by atoms with E-state index >= 15 is 0 Å². The largest absolute Gasteiger partial charge is 0.490 e. The van der Waals surface area contributed by atoms with Gasteiger partial charge in [-0.3, -0.25) is 14.5 Å². The third kappa shape index (κ3) is 3.89. The molecule has 2 aromatic rings. The van der Waals surface area contributed by atoms with Gasteiger partial charge in [-0.05, 0) is 44.4 Å². The number of hydrazone groups is 1. The SMILES string of the molecule is CC(Oc1cc(C2(C)C=NN(C3CCOCC3)C2)cc2nn(C)cc12)[C@H]1CNC(=O)C1. The van der Waals surface area contributed by atoms with Crippen molar-refractivity contribution < 1.29 is 14.3 Å². The maximum absolute atomic E-state index is 11.7. The number of carbonyl (C=O) groups is 1. The standard InChI is InChI=1S/C23H31N5O3/c1-15(16-8-22(29)24-11-16)31-21-10-17(9-20-19(21)12-27(3)26-20)23(2)13-25-28(14-23)18-4-6-30-7-5-18/h9-10,12-13,15-16,18H,4-8,11,14H2,1-3H3,(H,24,29)/t15?,16-,23?/m1/s1. The summed E-state index contributed by atoms with van der Waals surface area (Å²) >= 11 is 0. The Labute approximate surface area is 182 Å². The molecule has 31 heavy (non-hydrogen) atoms. The fraction of sp³-hybridized carbons (Fsp3) is 0.609. The van der Waals surface area contributed by atoms with Gasteiger partial charge in [0.05, 0.1) is 23.5 Å². The van der Waals surface area contributed by atoms with E-state index in [-0.39, 0.29) is 23.3 Å². The molecule has 1 aromatic heterocycles. The van der Waals surface area contributed by atoms with Crippen molar-refractivity contribution in [2.45, 2.75) is 50.7 Å². The fourth-order valence-corrected chi connectivity index (χ4v) is 4.89. The van der Waals surface area contributed by atoms with Gasteiger partial charge in [0.25, 0.3) is 0 Å². The van der Waals surface area contributed by atoms with E-state index in [0.29, 0.717) is 19.0 Å². The van der Waals surface area contributed by atoms with E-state index in [4.69, 9.17) is 14.6 Å². The van der Waals surface area contributed by atoms with Crippen molar-refractivity contribution in [3.8, 4) is 5.75 Å². The average Bonchev–Trinajstić information content (AvgIpc) is 3.47. The first-order valence-corrected chi connectivity index (χ1v) is 11.2. The molecule has 8 heteroatoms. The number of nitrogens with one attached hydrogen (secondary N) is 1. The molecule has 2 unspecified atom stereocenters. The van der Waals surface area contributed by atoms with Crippen LogP contribution in [-0.4, -0.2) is 65.4 Å². The van der Waals surface area contributed by atoms with Crippen molar-refractivity contribution in [2.24, 2.45) is 18.1 Å². The van der Waals surface area contributed by atoms with Crippen LogP contribution in [0.25, 0.3) is 10.9 Å². The highest BCUT2D eigenvalue weighted by Crippen LogP contribution is 2.37. The van der Waals surface area contributed by atoms with Crippen LogP contribution >= 0.6 is 0 Å². The summed E-state index contributed by atoms with van der Waals surface area (Å²) in [5.74, 6) is 1.10. The quantitative estimate of drug-likeness (QED) is 0.795. The zero-order chi connectivity index (χ0) is 21.6. The molecule has 2 saturated heterocycles. The van der Waals surface area contributed by atoms with Gasteiger partial charge in [0, 0.05) is 57.0 Å². The van der Waals surface area contributed by atoms with Gasteiger partial charge in [0.1, 0.15) is 11.9 Å². The molecule has 3 atom stereocenters. The van der Waals surface area contributed by atoms with Crippen LogP contribution in [0.4, 0.5) is 0 Å². The van der Waals surface area contributed by atoms with E-state index in [1.54, 1.807) is 0 Å². The fourth-order valence-electron chi connectivity index (χ4n) is 4.89. The molecule has 8 nitrogen and oxygen atoms in total. The van der Waals surface area contributed by atoms with E-state index in [9.17, 15) is 4.79 Å². The third-order valence-electron chi connectivity index (χ3n) is 6.94. The second-order valence-electron chi connectivity index (χ2n) is 9.40. The lowest BCUT2D eigenvalue weighted by Gasteiger charge is -2.32. The number of hydrogen-bond acceptors (Lipinski definition) is 6. The second-order valence-corrected chi connectivity index (χ2v) is 9.40. The van der Waals surface area contributed by atoms with Gasteiger partial charge in [-0.1, -0.05) is 0 Å². The zero-order valence-electron chi connectivity index (χ0n) is 18.5. The predicted molar refractivity (Wildman–Crippen MR) is 118 cm³/mol. The Morgan fingerprint density at radius 1 is 1.32 bits per heavy atom. The second kappa shape index (κ2) is 7.82. The van der Waals surface area contributed by atoms with Crippen molar-refractivity contribution in [1.29, 1.82) is 0 Å². The number of benzene rings is 1. The maximum atomic E-state index is 11.7. The van der Waals surface area contributed by atoms with E-state index in [1.807, 2.05) is 24.9 Å². The summed E-state index contributed by atoms with van der Waals surface area (Å²) < 4.78 is 13.8. The van der Waals surface area contributed by atoms with Gasteiger partial charge in [0.2, 0.25) is 5.91 Å². The summed E-state index contributed by atoms with van der Waals surface area (Å²) in [4.78, 5) is 11.7. The number of amides is 1. The van der Waals surface area contributed by atoms with Gasteiger partial charge >= 0.3 is 0 Å². The molecule has 0 aliphatic carbocycles. The molecule has 0 saturated carbocycles. The minimum Gasteiger partial charge on any atom is -0.490 e. The summed E-state index contributed by atoms with van der Waals surface area (Å²) in [6, 6.07) is 4.74. The van der Waals surface area contributed by atoms with E-state index in [1.165, 1.54) is 0 Å². The van der Waals surface area contributed by atoms with Crippen LogP contribution in [0.1, 0.15) is 38.7 Å². The van der Waals surface area contributed by atoms with E-state index < -0.39 is 0 Å². The minimum absolute atomic E-state index is 0.0682. The van der Waals surface area contributed by atoms with Crippen molar-refractivity contribution in [3.63, 3.8) is 0 Å². The molecule has 2 fully saturated rings. The molecule has 3 aliphatic rings. The lowest BCUT2D eigenvalue weighted by Crippen LogP contribution is -2.39. The van der Waals surface area contributed by atoms with Crippen LogP contribution in [0.15, 0.2) is 23.4 Å². The molecule has 0 radical (unpaired) electrons. The smallest absolute Gasteiger partial charge is 0.220 e. The van der Waals surface area contributed by atoms with Crippen LogP contribution in [0.2, 0.25) is 0 Å². The summed E-state index contributed by atoms with van der Waals surface area (Å²) in [5, 5.41) is 15.6. The molecule has 1 aromatic carbocycles. The number of aryl methyl sites for hydroxylation is 1. The summed E-state index contributed by atoms with van der Waals surface area (Å²) in [6.45, 7) is 7.40. The first-order chi connectivity index (χ1) is 14.9. The van der Waals surface area contributed by atoms with Crippen molar-refractivity contribution >= 4 is 23.0 Å². The van der Waals surface area contributed by atoms with Crippen LogP contribution < -0.4 is 10.1 Å². The highest BCUT2D eigenvalue weighted by molar-refractivity contribution is 5.88. The molecule has 1 N–H and O–H groups in total. The Kier molecular flexibility index (Phi) is 5.12. The van der Waals surface area contributed by atoms with Crippen molar-refractivity contribution in [2.75, 3.05) is 26.3 Å². The number of aromatic nitrogens is 2. The Hall–Kier alpha value is -2.61. The van der Waals surface area contributed by atoms with Gasteiger partial charge in [0.15, 0.2) is 0 Å². The number of carbonyl (C=O) groups excluding carboxylic acids is 1. The molecule has 1 amide bonds. The van der Waals surface area contributed by atoms with Crippen LogP contribution in [-0.2, 0) is 22.0 Å². The van der Waals surface area contributed by atoms with Gasteiger partial charge in [-0.25, -0.2) is 0 Å². The summed E-state index contributed by atoms with van der Waals surface area (Å²) in [7, 11) is 1.93. The predicted octanol–water partition coefficient (Wildman–Crippen LogP) is 2.21. The first-order valence-electron chi connectivity index (χ1n) is 11.2. The average molecular weight is 426 g/mol. The van der Waals surface area contributed by atoms with Gasteiger partial charge < -0.3 is 14.8 Å². The highest BCUT2D eigenvalue weighted by Gasteiger charge is 2.37. The molecule has 5 rings (SSSR count). The van der Waals surface area contributed by atoms with Gasteiger partial charge in [-0.15, -0.1) is 0 Å². The number of nitrogens with zero attached hydrogens (tertiary/aromatic N) is 4. The number of fused-ring (bicyclic) bond motifs is 1. The normalized spacial score (nSPS) is 27.8. The molecule has 166 valence electrons. The Morgan fingerprint density at radius 3 is 2.87 bits per heavy atom. The topological polar surface area (TPSA) is 81.0 Å². The van der Waals surface area contributed by atoms with Crippen LogP contribution in [0.5, 0.6) is 5.75 Å². The molecule has 0 bridgehead atoms. The third-order valence-corrected chi connectivity index (χ3v) is 6.94. The van der Waals surface area contributed by atoms with E-state index in [0.717, 1.165) is 54.8 Å². The number of hydrogen-bond donors (Lipinski definition) is 1. The number of ether oxygens (including phenoxy) is 2. The summed E-state index contributed by atoms with van der Waals surface area (Å²) in [6.07, 6.45) is 6.56. The highest BCUT2D eigenvalue weighted by atomic mass is 16.5. The molecular formula is C23H31N5O3. The monoisotopic (exact) mass is 425 g/mol. The lowest BCUT2D eigenvalue weighted by atomic mass is 9.83. The Bertz CT molecular complexity index is 1010. The Balaban J connectivity index is 1.43. The minimum atomic E-state index is -0.212. The van der Waals surface area contributed by atoms with E-state index in [2.05, 4.69) is 40.7 Å². The molecule has 4 heterocycles.